The summed E-state index contributed by atoms with van der Waals surface area (Å²) in [5, 5.41) is 10.3. The molecule has 0 aliphatic heterocycles. The Balaban J connectivity index is 2.29. The van der Waals surface area contributed by atoms with E-state index in [0.29, 0.717) is 12.8 Å². The van der Waals surface area contributed by atoms with Gasteiger partial charge >= 0.3 is 0 Å². The van der Waals surface area contributed by atoms with Gasteiger partial charge in [0.15, 0.2) is 5.69 Å². The molecule has 0 unspecified atom stereocenters. The van der Waals surface area contributed by atoms with Crippen LogP contribution < -0.4 is 4.74 Å². The first-order valence-electron chi connectivity index (χ1n) is 5.79. The summed E-state index contributed by atoms with van der Waals surface area (Å²) >= 11 is 0. The summed E-state index contributed by atoms with van der Waals surface area (Å²) < 4.78 is 5.00. The highest BCUT2D eigenvalue weighted by Crippen LogP contribution is 2.32. The van der Waals surface area contributed by atoms with E-state index in [2.05, 4.69) is 9.97 Å². The molecule has 0 bridgehead atoms. The van der Waals surface area contributed by atoms with Crippen LogP contribution in [0.2, 0.25) is 0 Å². The van der Waals surface area contributed by atoms with Gasteiger partial charge in [0.25, 0.3) is 0 Å². The van der Waals surface area contributed by atoms with E-state index in [4.69, 9.17) is 4.74 Å². The molecule has 0 aromatic carbocycles. The lowest BCUT2D eigenvalue weighted by Gasteiger charge is -2.30. The van der Waals surface area contributed by atoms with Gasteiger partial charge in [-0.05, 0) is 12.8 Å². The molecule has 1 aromatic rings. The van der Waals surface area contributed by atoms with Crippen molar-refractivity contribution in [2.24, 2.45) is 0 Å². The topological polar surface area (TPSA) is 72.3 Å². The quantitative estimate of drug-likeness (QED) is 0.802. The molecule has 92 valence electrons. The molecule has 2 rings (SSSR count). The van der Waals surface area contributed by atoms with Crippen molar-refractivity contribution in [2.45, 2.75) is 37.7 Å². The highest BCUT2D eigenvalue weighted by atomic mass is 16.5. The summed E-state index contributed by atoms with van der Waals surface area (Å²) in [4.78, 5) is 20.2. The Morgan fingerprint density at radius 1 is 1.29 bits per heavy atom. The molecule has 5 heteroatoms. The predicted octanol–water partition coefficient (Wildman–Crippen LogP) is 1.36. The minimum absolute atomic E-state index is 0.124. The van der Waals surface area contributed by atoms with Crippen LogP contribution in [0.4, 0.5) is 0 Å². The average Bonchev–Trinajstić information content (AvgIpc) is 2.38. The fourth-order valence-corrected chi connectivity index (χ4v) is 2.21. The third-order valence-corrected chi connectivity index (χ3v) is 3.18. The molecule has 5 nitrogen and oxygen atoms in total. The summed E-state index contributed by atoms with van der Waals surface area (Å²) in [5.41, 5.74) is -1.17. The first-order chi connectivity index (χ1) is 8.17. The van der Waals surface area contributed by atoms with Crippen LogP contribution in [0.25, 0.3) is 0 Å². The highest BCUT2D eigenvalue weighted by Gasteiger charge is 2.39. The van der Waals surface area contributed by atoms with Gasteiger partial charge in [0.2, 0.25) is 11.7 Å². The van der Waals surface area contributed by atoms with Crippen LogP contribution in [0.1, 0.15) is 42.6 Å². The van der Waals surface area contributed by atoms with Crippen LogP contribution in [-0.4, -0.2) is 33.6 Å². The number of hydrogen-bond acceptors (Lipinski definition) is 5. The molecule has 0 saturated heterocycles. The van der Waals surface area contributed by atoms with Gasteiger partial charge in [-0.25, -0.2) is 9.97 Å². The Morgan fingerprint density at radius 3 is 2.59 bits per heavy atom. The number of carbonyl (C=O) groups excluding carboxylic acids is 1. The second kappa shape index (κ2) is 4.79. The maximum atomic E-state index is 12.3. The van der Waals surface area contributed by atoms with Crippen molar-refractivity contribution in [3.05, 3.63) is 18.1 Å². The Morgan fingerprint density at radius 2 is 1.94 bits per heavy atom. The molecule has 1 aromatic heterocycles. The van der Waals surface area contributed by atoms with Gasteiger partial charge in [-0.15, -0.1) is 0 Å². The normalized spacial score (nSPS) is 18.7. The summed E-state index contributed by atoms with van der Waals surface area (Å²) in [6.45, 7) is 0. The first kappa shape index (κ1) is 12.0. The molecule has 0 atom stereocenters. The molecule has 1 N–H and O–H groups in total. The molecule has 1 aliphatic carbocycles. The lowest BCUT2D eigenvalue weighted by atomic mass is 9.81. The van der Waals surface area contributed by atoms with Crippen molar-refractivity contribution in [3.8, 4) is 5.88 Å². The largest absolute Gasteiger partial charge is 0.479 e. The zero-order valence-electron chi connectivity index (χ0n) is 9.85. The van der Waals surface area contributed by atoms with Gasteiger partial charge in [0.05, 0.1) is 7.11 Å². The van der Waals surface area contributed by atoms with Gasteiger partial charge in [-0.2, -0.15) is 0 Å². The second-order valence-corrected chi connectivity index (χ2v) is 4.34. The van der Waals surface area contributed by atoms with Crippen molar-refractivity contribution in [3.63, 3.8) is 0 Å². The van der Waals surface area contributed by atoms with Crippen LogP contribution in [0.15, 0.2) is 12.4 Å². The fourth-order valence-electron chi connectivity index (χ4n) is 2.21. The van der Waals surface area contributed by atoms with Gasteiger partial charge in [-0.1, -0.05) is 19.3 Å². The third-order valence-electron chi connectivity index (χ3n) is 3.18. The second-order valence-electron chi connectivity index (χ2n) is 4.34. The lowest BCUT2D eigenvalue weighted by Crippen LogP contribution is -2.41. The molecule has 1 heterocycles. The molecular weight excluding hydrogens is 220 g/mol. The molecule has 0 amide bonds. The molecular formula is C12H16N2O3. The molecule has 1 aliphatic rings. The molecule has 0 spiro atoms. The van der Waals surface area contributed by atoms with E-state index in [1.807, 2.05) is 0 Å². The van der Waals surface area contributed by atoms with E-state index in [1.54, 1.807) is 0 Å². The van der Waals surface area contributed by atoms with Crippen molar-refractivity contribution < 1.29 is 14.6 Å². The summed E-state index contributed by atoms with van der Waals surface area (Å²) in [6.07, 6.45) is 6.67. The standard InChI is InChI=1S/C12H16N2O3/c1-17-11-9(13-7-8-14-11)10(15)12(16)5-3-2-4-6-12/h7-8,16H,2-6H2,1H3. The SMILES string of the molecule is COc1nccnc1C(=O)C1(O)CCCCC1. The number of aliphatic hydroxyl groups is 1. The number of ether oxygens (including phenoxy) is 1. The molecule has 17 heavy (non-hydrogen) atoms. The zero-order chi connectivity index (χ0) is 12.3. The number of methoxy groups -OCH3 is 1. The Hall–Kier alpha value is -1.49. The number of ketones is 1. The van der Waals surface area contributed by atoms with Crippen molar-refractivity contribution in [1.29, 1.82) is 0 Å². The zero-order valence-corrected chi connectivity index (χ0v) is 9.85. The third kappa shape index (κ3) is 2.29. The fraction of sp³-hybridized carbons (Fsp3) is 0.583. The maximum Gasteiger partial charge on any atom is 0.243 e. The number of hydrogen-bond donors (Lipinski definition) is 1. The van der Waals surface area contributed by atoms with E-state index < -0.39 is 5.60 Å². The number of rotatable bonds is 3. The predicted molar refractivity (Wildman–Crippen MR) is 60.9 cm³/mol. The van der Waals surface area contributed by atoms with Crippen LogP contribution in [0.3, 0.4) is 0 Å². The first-order valence-corrected chi connectivity index (χ1v) is 5.79. The van der Waals surface area contributed by atoms with Gasteiger partial charge in [0, 0.05) is 12.4 Å². The van der Waals surface area contributed by atoms with Gasteiger partial charge in [-0.3, -0.25) is 4.79 Å². The summed E-state index contributed by atoms with van der Waals surface area (Å²) in [7, 11) is 1.44. The van der Waals surface area contributed by atoms with Crippen molar-refractivity contribution in [2.75, 3.05) is 7.11 Å². The van der Waals surface area contributed by atoms with E-state index in [0.717, 1.165) is 19.3 Å². The monoisotopic (exact) mass is 236 g/mol. The number of Topliss-reactive ketones (excluding diaryl/α,β-unsaturated/α-hetero) is 1. The summed E-state index contributed by atoms with van der Waals surface area (Å²) in [5.74, 6) is -0.196. The van der Waals surface area contributed by atoms with Crippen LogP contribution in [0, 0.1) is 0 Å². The van der Waals surface area contributed by atoms with E-state index in [-0.39, 0.29) is 17.4 Å². The maximum absolute atomic E-state index is 12.3. The van der Waals surface area contributed by atoms with E-state index >= 15 is 0 Å². The number of nitrogens with zero attached hydrogens (tertiary/aromatic N) is 2. The van der Waals surface area contributed by atoms with Crippen molar-refractivity contribution >= 4 is 5.78 Å². The lowest BCUT2D eigenvalue weighted by molar-refractivity contribution is 0.0108. The van der Waals surface area contributed by atoms with Crippen LogP contribution in [-0.2, 0) is 0 Å². The number of carbonyl (C=O) groups is 1. The molecule has 1 fully saturated rings. The minimum atomic E-state index is -1.29. The molecule has 1 saturated carbocycles. The van der Waals surface area contributed by atoms with E-state index in [1.165, 1.54) is 19.5 Å². The summed E-state index contributed by atoms with van der Waals surface area (Å²) in [6, 6.07) is 0. The average molecular weight is 236 g/mol. The number of aromatic nitrogens is 2. The molecule has 0 radical (unpaired) electrons. The van der Waals surface area contributed by atoms with Crippen LogP contribution in [0.5, 0.6) is 5.88 Å². The Kier molecular flexibility index (Phi) is 3.38. The highest BCUT2D eigenvalue weighted by molar-refractivity contribution is 6.02. The van der Waals surface area contributed by atoms with Crippen molar-refractivity contribution in [1.82, 2.24) is 9.97 Å². The Labute approximate surface area is 99.9 Å². The van der Waals surface area contributed by atoms with E-state index in [9.17, 15) is 9.90 Å². The Bertz CT molecular complexity index is 414. The van der Waals surface area contributed by atoms with Crippen LogP contribution >= 0.6 is 0 Å². The smallest absolute Gasteiger partial charge is 0.243 e. The van der Waals surface area contributed by atoms with Gasteiger partial charge < -0.3 is 9.84 Å². The van der Waals surface area contributed by atoms with Gasteiger partial charge in [0.1, 0.15) is 5.60 Å². The minimum Gasteiger partial charge on any atom is -0.479 e.